The van der Waals surface area contributed by atoms with Crippen molar-refractivity contribution >= 4 is 49.9 Å². The van der Waals surface area contributed by atoms with Crippen molar-refractivity contribution < 1.29 is 38.1 Å². The van der Waals surface area contributed by atoms with Gasteiger partial charge in [-0.3, -0.25) is 19.2 Å². The van der Waals surface area contributed by atoms with Crippen molar-refractivity contribution in [1.29, 1.82) is 0 Å². The molecule has 0 radical (unpaired) electrons. The molecule has 1 amide bonds. The summed E-state index contributed by atoms with van der Waals surface area (Å²) in [5, 5.41) is 31.1. The molecular weight excluding hydrogens is 510 g/mol. The predicted octanol–water partition coefficient (Wildman–Crippen LogP) is 3.24. The number of para-hydroxylation sites is 1. The first-order chi connectivity index (χ1) is 16.9. The summed E-state index contributed by atoms with van der Waals surface area (Å²) in [5.74, 6) is -3.20. The first kappa shape index (κ1) is 26.4. The molecule has 1 aliphatic rings. The number of aromatic carboxylic acids is 1. The zero-order valence-electron chi connectivity index (χ0n) is 19.2. The molecule has 0 fully saturated rings. The smallest absolute Gasteiger partial charge is 0.339 e. The van der Waals surface area contributed by atoms with E-state index >= 15 is 0 Å². The van der Waals surface area contributed by atoms with Crippen LogP contribution in [0.3, 0.4) is 0 Å². The highest BCUT2D eigenvalue weighted by Gasteiger charge is 2.37. The molecule has 11 nitrogen and oxygen atoms in total. The van der Waals surface area contributed by atoms with Crippen molar-refractivity contribution in [3.63, 3.8) is 0 Å². The van der Waals surface area contributed by atoms with Gasteiger partial charge in [0.05, 0.1) is 10.5 Å². The highest BCUT2D eigenvalue weighted by atomic mass is 32.2. The van der Waals surface area contributed by atoms with Gasteiger partial charge in [0.2, 0.25) is 0 Å². The quantitative estimate of drug-likeness (QED) is 0.368. The van der Waals surface area contributed by atoms with E-state index in [9.17, 15) is 33.0 Å². The van der Waals surface area contributed by atoms with Gasteiger partial charge in [0, 0.05) is 23.7 Å². The van der Waals surface area contributed by atoms with Gasteiger partial charge in [0.15, 0.2) is 22.4 Å². The number of benzene rings is 2. The third-order valence-corrected chi connectivity index (χ3v) is 7.67. The molecule has 0 atom stereocenters. The second kappa shape index (κ2) is 10.2. The molecule has 0 spiro atoms. The fourth-order valence-corrected chi connectivity index (χ4v) is 5.31. The van der Waals surface area contributed by atoms with E-state index < -0.39 is 27.6 Å². The minimum atomic E-state index is -3.90. The van der Waals surface area contributed by atoms with E-state index in [1.807, 2.05) is 6.92 Å². The minimum absolute atomic E-state index is 0.0277. The Morgan fingerprint density at radius 1 is 1.03 bits per heavy atom. The number of anilines is 1. The van der Waals surface area contributed by atoms with E-state index in [-0.39, 0.29) is 38.8 Å². The lowest BCUT2D eigenvalue weighted by Gasteiger charge is -2.28. The van der Waals surface area contributed by atoms with E-state index in [1.165, 1.54) is 55.6 Å². The lowest BCUT2D eigenvalue weighted by molar-refractivity contribution is -0.113. The number of sulfonamides is 1. The number of hydrogen-bond donors (Lipinski definition) is 4. The van der Waals surface area contributed by atoms with Crippen LogP contribution in [0.4, 0.5) is 5.13 Å². The second-order valence-electron chi connectivity index (χ2n) is 7.46. The highest BCUT2D eigenvalue weighted by molar-refractivity contribution is 7.89. The zero-order chi connectivity index (χ0) is 26.8. The second-order valence-corrected chi connectivity index (χ2v) is 10.6. The molecule has 0 unspecified atom stereocenters. The van der Waals surface area contributed by atoms with Crippen molar-refractivity contribution in [1.82, 2.24) is 9.29 Å². The largest absolute Gasteiger partial charge is 0.506 e. The predicted molar refractivity (Wildman–Crippen MR) is 131 cm³/mol. The molecule has 36 heavy (non-hydrogen) atoms. The number of amides is 1. The molecule has 13 heteroatoms. The Labute approximate surface area is 210 Å². The Morgan fingerprint density at radius 2 is 1.67 bits per heavy atom. The van der Waals surface area contributed by atoms with Gasteiger partial charge in [0.25, 0.3) is 15.9 Å². The SMILES string of the molecule is CC(=O)c1cccc(C(=O)O)c1O.Cc1cnc(NC(=O)C2=C(O)c3ccccc3S(=O)(=O)N2C)s1. The van der Waals surface area contributed by atoms with Crippen molar-refractivity contribution in [2.24, 2.45) is 0 Å². The van der Waals surface area contributed by atoms with Gasteiger partial charge in [-0.15, -0.1) is 11.3 Å². The number of fused-ring (bicyclic) bond motifs is 1. The summed E-state index contributed by atoms with van der Waals surface area (Å²) in [5.41, 5.74) is -0.463. The number of aliphatic hydroxyl groups is 1. The average molecular weight is 532 g/mol. The Balaban J connectivity index is 0.000000236. The number of carbonyl (C=O) groups excluding carboxylic acids is 2. The number of carboxylic acid groups (broad SMARTS) is 1. The number of ketones is 1. The number of aliphatic hydroxyl groups excluding tert-OH is 1. The lowest BCUT2D eigenvalue weighted by atomic mass is 10.1. The standard InChI is InChI=1S/C14H13N3O4S2.C9H8O4/c1-8-7-15-14(22-8)16-13(19)11-12(18)9-5-3-4-6-10(9)23(20,21)17(11)2;1-5(10)6-3-2-4-7(8(6)11)9(12)13/h3-7,18H,1-2H3,(H,15,16,19);2-4,11H,1H3,(H,12,13). The molecule has 1 aliphatic heterocycles. The van der Waals surface area contributed by atoms with Crippen LogP contribution in [-0.4, -0.2) is 57.7 Å². The number of Topliss-reactive ketones (excluding diaryl/α,β-unsaturated/α-hetero) is 1. The van der Waals surface area contributed by atoms with Gasteiger partial charge in [-0.2, -0.15) is 0 Å². The maximum atomic E-state index is 12.5. The minimum Gasteiger partial charge on any atom is -0.506 e. The van der Waals surface area contributed by atoms with Crippen molar-refractivity contribution in [3.05, 3.63) is 75.9 Å². The molecule has 2 heterocycles. The summed E-state index contributed by atoms with van der Waals surface area (Å²) in [6.45, 7) is 3.10. The summed E-state index contributed by atoms with van der Waals surface area (Å²) in [4.78, 5) is 38.7. The Bertz CT molecular complexity index is 1480. The normalized spacial score (nSPS) is 13.8. The molecule has 1 aromatic heterocycles. The van der Waals surface area contributed by atoms with Crippen LogP contribution in [0, 0.1) is 6.92 Å². The van der Waals surface area contributed by atoms with Crippen molar-refractivity contribution in [3.8, 4) is 5.75 Å². The molecular formula is C23H21N3O8S2. The number of carboxylic acids is 1. The number of thiazole rings is 1. The fourth-order valence-electron chi connectivity index (χ4n) is 3.25. The number of aryl methyl sites for hydroxylation is 1. The maximum Gasteiger partial charge on any atom is 0.339 e. The summed E-state index contributed by atoms with van der Waals surface area (Å²) in [6, 6.07) is 10.0. The molecule has 4 N–H and O–H groups in total. The fraction of sp³-hybridized carbons (Fsp3) is 0.130. The Kier molecular flexibility index (Phi) is 7.45. The summed E-state index contributed by atoms with van der Waals surface area (Å²) in [7, 11) is -2.67. The van der Waals surface area contributed by atoms with E-state index in [0.717, 1.165) is 9.18 Å². The number of rotatable bonds is 4. The molecule has 2 aromatic carbocycles. The third-order valence-electron chi connectivity index (χ3n) is 5.02. The molecule has 0 saturated heterocycles. The van der Waals surface area contributed by atoms with Crippen LogP contribution in [0.25, 0.3) is 5.76 Å². The Hall–Kier alpha value is -4.23. The maximum absolute atomic E-state index is 12.5. The number of aromatic nitrogens is 1. The highest BCUT2D eigenvalue weighted by Crippen LogP contribution is 2.35. The van der Waals surface area contributed by atoms with E-state index in [4.69, 9.17) is 5.11 Å². The monoisotopic (exact) mass is 531 g/mol. The van der Waals surface area contributed by atoms with Gasteiger partial charge in [-0.25, -0.2) is 18.2 Å². The van der Waals surface area contributed by atoms with Crippen LogP contribution in [0.1, 0.15) is 38.1 Å². The van der Waals surface area contributed by atoms with Gasteiger partial charge < -0.3 is 15.3 Å². The van der Waals surface area contributed by atoms with Gasteiger partial charge in [-0.1, -0.05) is 18.2 Å². The van der Waals surface area contributed by atoms with Crippen LogP contribution >= 0.6 is 11.3 Å². The average Bonchev–Trinajstić information content (AvgIpc) is 3.22. The van der Waals surface area contributed by atoms with E-state index in [2.05, 4.69) is 10.3 Å². The van der Waals surface area contributed by atoms with Crippen LogP contribution in [0.5, 0.6) is 5.75 Å². The van der Waals surface area contributed by atoms with Gasteiger partial charge in [-0.05, 0) is 38.1 Å². The first-order valence-corrected chi connectivity index (χ1v) is 12.4. The Morgan fingerprint density at radius 3 is 2.25 bits per heavy atom. The number of likely N-dealkylation sites (N-methyl/N-ethyl adjacent to an activating group) is 1. The number of nitrogens with zero attached hydrogens (tertiary/aromatic N) is 2. The summed E-state index contributed by atoms with van der Waals surface area (Å²) in [6.07, 6.45) is 1.59. The molecule has 3 aromatic rings. The van der Waals surface area contributed by atoms with Crippen LogP contribution in [-0.2, 0) is 14.8 Å². The number of hydrogen-bond acceptors (Lipinski definition) is 9. The number of carbonyl (C=O) groups is 3. The zero-order valence-corrected chi connectivity index (χ0v) is 20.8. The lowest BCUT2D eigenvalue weighted by Crippen LogP contribution is -2.37. The third kappa shape index (κ3) is 5.06. The van der Waals surface area contributed by atoms with Gasteiger partial charge in [0.1, 0.15) is 11.3 Å². The van der Waals surface area contributed by atoms with E-state index in [1.54, 1.807) is 18.3 Å². The van der Waals surface area contributed by atoms with Gasteiger partial charge >= 0.3 is 5.97 Å². The summed E-state index contributed by atoms with van der Waals surface area (Å²) < 4.78 is 25.8. The van der Waals surface area contributed by atoms with Crippen molar-refractivity contribution in [2.75, 3.05) is 12.4 Å². The number of nitrogens with one attached hydrogen (secondary N) is 1. The number of phenols is 1. The van der Waals surface area contributed by atoms with Crippen molar-refractivity contribution in [2.45, 2.75) is 18.7 Å². The first-order valence-electron chi connectivity index (χ1n) is 10.2. The van der Waals surface area contributed by atoms with Crippen LogP contribution in [0.15, 0.2) is 59.3 Å². The molecule has 4 rings (SSSR count). The molecule has 188 valence electrons. The molecule has 0 bridgehead atoms. The summed E-state index contributed by atoms with van der Waals surface area (Å²) >= 11 is 1.25. The van der Waals surface area contributed by atoms with E-state index in [0.29, 0.717) is 5.13 Å². The molecule has 0 aliphatic carbocycles. The van der Waals surface area contributed by atoms with Crippen LogP contribution < -0.4 is 5.32 Å². The number of aromatic hydroxyl groups is 1. The molecule has 0 saturated carbocycles. The topological polar surface area (TPSA) is 174 Å². The van der Waals surface area contributed by atoms with Crippen LogP contribution in [0.2, 0.25) is 0 Å².